The van der Waals surface area contributed by atoms with Crippen molar-refractivity contribution in [3.8, 4) is 17.1 Å². The van der Waals surface area contributed by atoms with Gasteiger partial charge in [-0.05, 0) is 42.0 Å². The van der Waals surface area contributed by atoms with Crippen LogP contribution >= 0.6 is 0 Å². The van der Waals surface area contributed by atoms with Gasteiger partial charge in [-0.2, -0.15) is 4.80 Å². The predicted molar refractivity (Wildman–Crippen MR) is 94.5 cm³/mol. The van der Waals surface area contributed by atoms with E-state index in [2.05, 4.69) is 15.4 Å². The molecule has 0 bridgehead atoms. The maximum absolute atomic E-state index is 11.1. The molecule has 3 aromatic rings. The second-order valence-electron chi connectivity index (χ2n) is 5.89. The third-order valence-corrected chi connectivity index (χ3v) is 3.69. The van der Waals surface area contributed by atoms with Crippen molar-refractivity contribution in [2.24, 2.45) is 5.73 Å². The summed E-state index contributed by atoms with van der Waals surface area (Å²) < 4.78 is 5.56. The highest BCUT2D eigenvalue weighted by Crippen LogP contribution is 2.15. The fraction of sp³-hybridized carbons (Fsp3) is 0.222. The Morgan fingerprint density at radius 3 is 2.73 bits per heavy atom. The maximum atomic E-state index is 11.1. The van der Waals surface area contributed by atoms with Crippen molar-refractivity contribution in [3.05, 3.63) is 59.7 Å². The lowest BCUT2D eigenvalue weighted by molar-refractivity contribution is 0.0849. The SMILES string of the molecule is Cc1cccc(OC[C@@H](O)Cn2nnc(-c3ccc(C(N)=O)cc3)n2)c1. The van der Waals surface area contributed by atoms with Gasteiger partial charge in [0.05, 0.1) is 6.54 Å². The van der Waals surface area contributed by atoms with Gasteiger partial charge >= 0.3 is 0 Å². The molecule has 8 nitrogen and oxygen atoms in total. The number of ether oxygens (including phenoxy) is 1. The van der Waals surface area contributed by atoms with Crippen molar-refractivity contribution in [2.75, 3.05) is 6.61 Å². The lowest BCUT2D eigenvalue weighted by Gasteiger charge is -2.11. The molecule has 26 heavy (non-hydrogen) atoms. The number of aliphatic hydroxyl groups excluding tert-OH is 1. The second kappa shape index (κ2) is 7.75. The number of rotatable bonds is 7. The van der Waals surface area contributed by atoms with Crippen LogP contribution in [0.5, 0.6) is 5.75 Å². The van der Waals surface area contributed by atoms with Gasteiger partial charge in [0.15, 0.2) is 0 Å². The summed E-state index contributed by atoms with van der Waals surface area (Å²) in [5, 5.41) is 22.2. The molecular weight excluding hydrogens is 334 g/mol. The number of hydrogen-bond acceptors (Lipinski definition) is 6. The largest absolute Gasteiger partial charge is 0.491 e. The van der Waals surface area contributed by atoms with Crippen molar-refractivity contribution < 1.29 is 14.6 Å². The lowest BCUT2D eigenvalue weighted by Crippen LogP contribution is -2.25. The predicted octanol–water partition coefficient (Wildman–Crippen LogP) is 1.19. The van der Waals surface area contributed by atoms with Crippen LogP contribution in [0.3, 0.4) is 0 Å². The van der Waals surface area contributed by atoms with E-state index in [0.717, 1.165) is 5.56 Å². The molecule has 0 unspecified atom stereocenters. The number of aromatic nitrogens is 4. The molecule has 8 heteroatoms. The number of amides is 1. The van der Waals surface area contributed by atoms with Gasteiger partial charge in [0.25, 0.3) is 0 Å². The number of aliphatic hydroxyl groups is 1. The summed E-state index contributed by atoms with van der Waals surface area (Å²) >= 11 is 0. The Labute approximate surface area is 150 Å². The molecule has 0 aliphatic rings. The van der Waals surface area contributed by atoms with E-state index in [1.807, 2.05) is 31.2 Å². The normalized spacial score (nSPS) is 11.9. The van der Waals surface area contributed by atoms with E-state index in [1.54, 1.807) is 24.3 Å². The zero-order valence-corrected chi connectivity index (χ0v) is 14.2. The molecule has 0 spiro atoms. The van der Waals surface area contributed by atoms with Gasteiger partial charge in [-0.1, -0.05) is 24.3 Å². The molecule has 0 saturated carbocycles. The van der Waals surface area contributed by atoms with Gasteiger partial charge in [-0.25, -0.2) is 0 Å². The number of primary amides is 1. The van der Waals surface area contributed by atoms with Crippen LogP contribution in [0, 0.1) is 6.92 Å². The molecule has 1 atom stereocenters. The van der Waals surface area contributed by atoms with Gasteiger partial charge < -0.3 is 15.6 Å². The minimum atomic E-state index is -0.783. The van der Waals surface area contributed by atoms with Crippen LogP contribution in [-0.4, -0.2) is 43.9 Å². The van der Waals surface area contributed by atoms with E-state index in [0.29, 0.717) is 22.7 Å². The first-order chi connectivity index (χ1) is 12.5. The maximum Gasteiger partial charge on any atom is 0.248 e. The third kappa shape index (κ3) is 4.42. The number of hydrogen-bond donors (Lipinski definition) is 2. The molecule has 0 fully saturated rings. The molecule has 3 N–H and O–H groups in total. The Kier molecular flexibility index (Phi) is 5.23. The molecule has 0 aliphatic carbocycles. The molecule has 2 aromatic carbocycles. The number of carbonyl (C=O) groups excluding carboxylic acids is 1. The van der Waals surface area contributed by atoms with Gasteiger partial charge in [0.2, 0.25) is 11.7 Å². The Balaban J connectivity index is 1.58. The van der Waals surface area contributed by atoms with Crippen LogP contribution in [0.4, 0.5) is 0 Å². The standard InChI is InChI=1S/C18H19N5O3/c1-12-3-2-4-16(9-12)26-11-15(24)10-23-21-18(20-22-23)14-7-5-13(6-8-14)17(19)25/h2-9,15,24H,10-11H2,1H3,(H2,19,25)/t15-/m0/s1. The number of nitrogens with two attached hydrogens (primary N) is 1. The van der Waals surface area contributed by atoms with Crippen molar-refractivity contribution >= 4 is 5.91 Å². The summed E-state index contributed by atoms with van der Waals surface area (Å²) in [6, 6.07) is 14.2. The Morgan fingerprint density at radius 2 is 2.04 bits per heavy atom. The first-order valence-corrected chi connectivity index (χ1v) is 8.07. The highest BCUT2D eigenvalue weighted by molar-refractivity contribution is 5.93. The summed E-state index contributed by atoms with van der Waals surface area (Å²) in [4.78, 5) is 12.4. The Bertz CT molecular complexity index is 892. The van der Waals surface area contributed by atoms with Crippen LogP contribution < -0.4 is 10.5 Å². The van der Waals surface area contributed by atoms with Gasteiger partial charge in [-0.3, -0.25) is 4.79 Å². The topological polar surface area (TPSA) is 116 Å². The minimum absolute atomic E-state index is 0.119. The number of tetrazole rings is 1. The lowest BCUT2D eigenvalue weighted by atomic mass is 10.1. The summed E-state index contributed by atoms with van der Waals surface area (Å²) in [6.45, 7) is 2.24. The fourth-order valence-electron chi connectivity index (χ4n) is 2.36. The summed E-state index contributed by atoms with van der Waals surface area (Å²) in [7, 11) is 0. The van der Waals surface area contributed by atoms with E-state index < -0.39 is 12.0 Å². The highest BCUT2D eigenvalue weighted by Gasteiger charge is 2.12. The van der Waals surface area contributed by atoms with E-state index in [-0.39, 0.29) is 13.2 Å². The van der Waals surface area contributed by atoms with E-state index in [9.17, 15) is 9.90 Å². The second-order valence-corrected chi connectivity index (χ2v) is 5.89. The van der Waals surface area contributed by atoms with E-state index >= 15 is 0 Å². The smallest absolute Gasteiger partial charge is 0.248 e. The average Bonchev–Trinajstić information content (AvgIpc) is 3.08. The summed E-state index contributed by atoms with van der Waals surface area (Å²) in [6.07, 6.45) is -0.783. The molecule has 1 heterocycles. The van der Waals surface area contributed by atoms with Crippen LogP contribution in [0.1, 0.15) is 15.9 Å². The molecule has 134 valence electrons. The van der Waals surface area contributed by atoms with Crippen LogP contribution in [0.15, 0.2) is 48.5 Å². The van der Waals surface area contributed by atoms with E-state index in [1.165, 1.54) is 4.80 Å². The van der Waals surface area contributed by atoms with Gasteiger partial charge in [0, 0.05) is 11.1 Å². The molecular formula is C18H19N5O3. The van der Waals surface area contributed by atoms with Crippen molar-refractivity contribution in [3.63, 3.8) is 0 Å². The Hall–Kier alpha value is -3.26. The highest BCUT2D eigenvalue weighted by atomic mass is 16.5. The van der Waals surface area contributed by atoms with Crippen LogP contribution in [0.25, 0.3) is 11.4 Å². The minimum Gasteiger partial charge on any atom is -0.491 e. The van der Waals surface area contributed by atoms with Crippen LogP contribution in [-0.2, 0) is 6.54 Å². The average molecular weight is 353 g/mol. The molecule has 1 aromatic heterocycles. The van der Waals surface area contributed by atoms with Crippen molar-refractivity contribution in [1.82, 2.24) is 20.2 Å². The van der Waals surface area contributed by atoms with Crippen LogP contribution in [0.2, 0.25) is 0 Å². The summed E-state index contributed by atoms with van der Waals surface area (Å²) in [5.41, 5.74) is 7.41. The fourth-order valence-corrected chi connectivity index (χ4v) is 2.36. The zero-order chi connectivity index (χ0) is 18.5. The number of aryl methyl sites for hydroxylation is 1. The quantitative estimate of drug-likeness (QED) is 0.659. The molecule has 0 aliphatic heterocycles. The molecule has 3 rings (SSSR count). The monoisotopic (exact) mass is 353 g/mol. The molecule has 0 radical (unpaired) electrons. The van der Waals surface area contributed by atoms with Gasteiger partial charge in [0.1, 0.15) is 18.5 Å². The molecule has 1 amide bonds. The first kappa shape index (κ1) is 17.6. The summed E-state index contributed by atoms with van der Waals surface area (Å²) in [5.74, 6) is 0.601. The third-order valence-electron chi connectivity index (χ3n) is 3.69. The van der Waals surface area contributed by atoms with Gasteiger partial charge in [-0.15, -0.1) is 10.2 Å². The zero-order valence-electron chi connectivity index (χ0n) is 14.2. The van der Waals surface area contributed by atoms with Crippen molar-refractivity contribution in [2.45, 2.75) is 19.6 Å². The number of carbonyl (C=O) groups is 1. The number of benzene rings is 2. The van der Waals surface area contributed by atoms with E-state index in [4.69, 9.17) is 10.5 Å². The Morgan fingerprint density at radius 1 is 1.27 bits per heavy atom. The first-order valence-electron chi connectivity index (χ1n) is 8.07. The number of nitrogens with zero attached hydrogens (tertiary/aromatic N) is 4. The molecule has 0 saturated heterocycles. The van der Waals surface area contributed by atoms with Crippen molar-refractivity contribution in [1.29, 1.82) is 0 Å².